The maximum atomic E-state index is 3.33. The van der Waals surface area contributed by atoms with Crippen molar-refractivity contribution in [2.24, 2.45) is 0 Å². The Hall–Kier alpha value is 0.690. The van der Waals surface area contributed by atoms with E-state index in [1.54, 1.807) is 0 Å². The fourth-order valence-corrected chi connectivity index (χ4v) is 0.875. The summed E-state index contributed by atoms with van der Waals surface area (Å²) in [4.78, 5) is 0. The molecule has 50 valence electrons. The zero-order valence-corrected chi connectivity index (χ0v) is 7.57. The molecule has 8 heavy (non-hydrogen) atoms. The monoisotopic (exact) mass is 227 g/mol. The van der Waals surface area contributed by atoms with Crippen LogP contribution >= 0.6 is 22.6 Å². The van der Waals surface area contributed by atoms with Gasteiger partial charge < -0.3 is 5.32 Å². The summed E-state index contributed by atoms with van der Waals surface area (Å²) in [5.41, 5.74) is 0. The molecule has 0 aliphatic heterocycles. The maximum Gasteiger partial charge on any atom is 0.0121 e. The molecule has 0 unspecified atom stereocenters. The molecule has 0 saturated heterocycles. The quantitative estimate of drug-likeness (QED) is 0.429. The molecular weight excluding hydrogens is 213 g/mol. The summed E-state index contributed by atoms with van der Waals surface area (Å²) in [7, 11) is 0. The van der Waals surface area contributed by atoms with Crippen molar-refractivity contribution in [2.75, 3.05) is 17.5 Å². The zero-order valence-electron chi connectivity index (χ0n) is 5.41. The fraction of sp³-hybridized carbons (Fsp3) is 1.00. The second kappa shape index (κ2) is 7.69. The fourth-order valence-electron chi connectivity index (χ4n) is 0.494. The summed E-state index contributed by atoms with van der Waals surface area (Å²) in [6, 6.07) is 0. The Morgan fingerprint density at radius 3 is 2.62 bits per heavy atom. The van der Waals surface area contributed by atoms with Crippen LogP contribution in [0.5, 0.6) is 0 Å². The SMILES string of the molecule is CCCCNCCI. The Morgan fingerprint density at radius 2 is 2.12 bits per heavy atom. The smallest absolute Gasteiger partial charge is 0.0121 e. The van der Waals surface area contributed by atoms with Crippen LogP contribution in [0.25, 0.3) is 0 Å². The van der Waals surface area contributed by atoms with Crippen molar-refractivity contribution in [1.82, 2.24) is 5.32 Å². The van der Waals surface area contributed by atoms with Crippen molar-refractivity contribution in [3.05, 3.63) is 0 Å². The number of nitrogens with one attached hydrogen (secondary N) is 1. The van der Waals surface area contributed by atoms with Crippen LogP contribution < -0.4 is 5.32 Å². The van der Waals surface area contributed by atoms with Gasteiger partial charge >= 0.3 is 0 Å². The van der Waals surface area contributed by atoms with E-state index in [0.29, 0.717) is 0 Å². The lowest BCUT2D eigenvalue weighted by Gasteiger charge is -1.97. The average Bonchev–Trinajstić information content (AvgIpc) is 1.81. The first-order valence-corrected chi connectivity index (χ1v) is 4.71. The van der Waals surface area contributed by atoms with Gasteiger partial charge in [0.15, 0.2) is 0 Å². The van der Waals surface area contributed by atoms with Crippen LogP contribution in [0.15, 0.2) is 0 Å². The van der Waals surface area contributed by atoms with Crippen LogP contribution in [0.3, 0.4) is 0 Å². The van der Waals surface area contributed by atoms with Gasteiger partial charge in [-0.25, -0.2) is 0 Å². The van der Waals surface area contributed by atoms with Crippen molar-refractivity contribution in [3.63, 3.8) is 0 Å². The minimum atomic E-state index is 1.17. The molecule has 0 atom stereocenters. The molecule has 2 heteroatoms. The van der Waals surface area contributed by atoms with Crippen LogP contribution in [-0.2, 0) is 0 Å². The second-order valence-corrected chi connectivity index (χ2v) is 2.87. The first-order valence-electron chi connectivity index (χ1n) is 3.18. The van der Waals surface area contributed by atoms with Gasteiger partial charge in [0.25, 0.3) is 0 Å². The van der Waals surface area contributed by atoms with Crippen molar-refractivity contribution in [3.8, 4) is 0 Å². The van der Waals surface area contributed by atoms with E-state index < -0.39 is 0 Å². The minimum Gasteiger partial charge on any atom is -0.316 e. The molecular formula is C6H14IN. The summed E-state index contributed by atoms with van der Waals surface area (Å²) >= 11 is 2.38. The van der Waals surface area contributed by atoms with E-state index in [-0.39, 0.29) is 0 Å². The van der Waals surface area contributed by atoms with Crippen molar-refractivity contribution >= 4 is 22.6 Å². The molecule has 0 rings (SSSR count). The lowest BCUT2D eigenvalue weighted by molar-refractivity contribution is 0.669. The third-order valence-electron chi connectivity index (χ3n) is 0.978. The number of alkyl halides is 1. The van der Waals surface area contributed by atoms with Crippen molar-refractivity contribution in [2.45, 2.75) is 19.8 Å². The molecule has 0 radical (unpaired) electrons. The molecule has 0 aliphatic carbocycles. The van der Waals surface area contributed by atoms with Crippen LogP contribution in [0.4, 0.5) is 0 Å². The molecule has 0 aromatic carbocycles. The van der Waals surface area contributed by atoms with Crippen LogP contribution in [-0.4, -0.2) is 17.5 Å². The van der Waals surface area contributed by atoms with Crippen molar-refractivity contribution in [1.29, 1.82) is 0 Å². The molecule has 0 aromatic heterocycles. The second-order valence-electron chi connectivity index (χ2n) is 1.79. The van der Waals surface area contributed by atoms with Gasteiger partial charge in [0.05, 0.1) is 0 Å². The number of halogens is 1. The summed E-state index contributed by atoms with van der Waals surface area (Å²) in [6.07, 6.45) is 2.62. The van der Waals surface area contributed by atoms with Gasteiger partial charge in [-0.2, -0.15) is 0 Å². The lowest BCUT2D eigenvalue weighted by Crippen LogP contribution is -2.16. The first kappa shape index (κ1) is 8.69. The Kier molecular flexibility index (Phi) is 8.35. The Bertz CT molecular complexity index is 33.5. The summed E-state index contributed by atoms with van der Waals surface area (Å²) in [5, 5.41) is 3.33. The maximum absolute atomic E-state index is 3.33. The average molecular weight is 227 g/mol. The predicted molar refractivity (Wildman–Crippen MR) is 46.7 cm³/mol. The highest BCUT2D eigenvalue weighted by atomic mass is 127. The number of hydrogen-bond acceptors (Lipinski definition) is 1. The van der Waals surface area contributed by atoms with Crippen molar-refractivity contribution < 1.29 is 0 Å². The van der Waals surface area contributed by atoms with Gasteiger partial charge in [-0.05, 0) is 13.0 Å². The Labute approximate surface area is 65.4 Å². The number of rotatable bonds is 5. The highest BCUT2D eigenvalue weighted by molar-refractivity contribution is 14.1. The molecule has 0 bridgehead atoms. The van der Waals surface area contributed by atoms with Gasteiger partial charge in [-0.15, -0.1) is 0 Å². The summed E-state index contributed by atoms with van der Waals surface area (Å²) in [6.45, 7) is 4.58. The molecule has 0 fully saturated rings. The standard InChI is InChI=1S/C6H14IN/c1-2-3-5-8-6-4-7/h8H,2-6H2,1H3. The molecule has 0 amide bonds. The molecule has 1 nitrogen and oxygen atoms in total. The van der Waals surface area contributed by atoms with Gasteiger partial charge in [0, 0.05) is 11.0 Å². The van der Waals surface area contributed by atoms with Crippen LogP contribution in [0, 0.1) is 0 Å². The number of unbranched alkanes of at least 4 members (excludes halogenated alkanes) is 1. The normalized spacial score (nSPS) is 9.75. The molecule has 1 N–H and O–H groups in total. The molecule has 0 spiro atoms. The van der Waals surface area contributed by atoms with Gasteiger partial charge in [0.2, 0.25) is 0 Å². The van der Waals surface area contributed by atoms with Gasteiger partial charge in [0.1, 0.15) is 0 Å². The van der Waals surface area contributed by atoms with Crippen LogP contribution in [0.2, 0.25) is 0 Å². The molecule has 0 aromatic rings. The minimum absolute atomic E-state index is 1.17. The van der Waals surface area contributed by atoms with E-state index >= 15 is 0 Å². The molecule has 0 aliphatic rings. The zero-order chi connectivity index (χ0) is 6.24. The summed E-state index contributed by atoms with van der Waals surface area (Å²) in [5.74, 6) is 0. The first-order chi connectivity index (χ1) is 3.91. The molecule has 0 heterocycles. The largest absolute Gasteiger partial charge is 0.316 e. The third kappa shape index (κ3) is 6.69. The van der Waals surface area contributed by atoms with Gasteiger partial charge in [-0.3, -0.25) is 0 Å². The topological polar surface area (TPSA) is 12.0 Å². The highest BCUT2D eigenvalue weighted by Gasteiger charge is 1.81. The van der Waals surface area contributed by atoms with Gasteiger partial charge in [-0.1, -0.05) is 35.9 Å². The summed E-state index contributed by atoms with van der Waals surface area (Å²) < 4.78 is 1.22. The van der Waals surface area contributed by atoms with E-state index in [2.05, 4.69) is 34.8 Å². The lowest BCUT2D eigenvalue weighted by atomic mass is 10.3. The van der Waals surface area contributed by atoms with E-state index in [1.165, 1.54) is 30.4 Å². The van der Waals surface area contributed by atoms with E-state index in [4.69, 9.17) is 0 Å². The van der Waals surface area contributed by atoms with E-state index in [0.717, 1.165) is 0 Å². The van der Waals surface area contributed by atoms with E-state index in [9.17, 15) is 0 Å². The van der Waals surface area contributed by atoms with E-state index in [1.807, 2.05) is 0 Å². The molecule has 0 saturated carbocycles. The third-order valence-corrected chi connectivity index (χ3v) is 1.52. The Morgan fingerprint density at radius 1 is 1.38 bits per heavy atom. The number of hydrogen-bond donors (Lipinski definition) is 1. The van der Waals surface area contributed by atoms with Crippen LogP contribution in [0.1, 0.15) is 19.8 Å². The Balaban J connectivity index is 2.53. The predicted octanol–water partition coefficient (Wildman–Crippen LogP) is 1.81. The highest BCUT2D eigenvalue weighted by Crippen LogP contribution is 1.82.